The van der Waals surface area contributed by atoms with Crippen LogP contribution >= 0.6 is 11.6 Å². The molecule has 0 aliphatic heterocycles. The summed E-state index contributed by atoms with van der Waals surface area (Å²) in [4.78, 5) is 2.11. The summed E-state index contributed by atoms with van der Waals surface area (Å²) in [6.45, 7) is 2.84. The third-order valence-corrected chi connectivity index (χ3v) is 1.79. The van der Waals surface area contributed by atoms with Gasteiger partial charge in [-0.25, -0.2) is 0 Å². The van der Waals surface area contributed by atoms with Gasteiger partial charge in [-0.1, -0.05) is 0 Å². The molecule has 2 nitrogen and oxygen atoms in total. The predicted molar refractivity (Wildman–Crippen MR) is 49.6 cm³/mol. The Labute approximate surface area is 78.6 Å². The first-order chi connectivity index (χ1) is 5.85. The molecule has 0 radical (unpaired) electrons. The second-order valence-electron chi connectivity index (χ2n) is 2.57. The minimum absolute atomic E-state index is 0.258. The summed E-state index contributed by atoms with van der Waals surface area (Å²) in [7, 11) is 1.66. The van der Waals surface area contributed by atoms with E-state index in [9.17, 15) is 4.39 Å². The molecule has 12 heavy (non-hydrogen) atoms. The molecule has 0 aliphatic carbocycles. The number of ether oxygens (including phenoxy) is 1. The van der Waals surface area contributed by atoms with E-state index in [0.717, 1.165) is 19.6 Å². The van der Waals surface area contributed by atoms with E-state index in [2.05, 4.69) is 4.90 Å². The first kappa shape index (κ1) is 12.1. The molecule has 0 aliphatic rings. The second kappa shape index (κ2) is 9.23. The van der Waals surface area contributed by atoms with E-state index in [1.807, 2.05) is 0 Å². The fraction of sp³-hybridized carbons (Fsp3) is 1.00. The molecular formula is C8H17ClFNO. The molecule has 0 fully saturated rings. The van der Waals surface area contributed by atoms with Crippen LogP contribution in [0.4, 0.5) is 4.39 Å². The Kier molecular flexibility index (Phi) is 9.34. The lowest BCUT2D eigenvalue weighted by molar-refractivity contribution is 0.149. The lowest BCUT2D eigenvalue weighted by Gasteiger charge is -2.19. The van der Waals surface area contributed by atoms with E-state index in [0.29, 0.717) is 18.9 Å². The minimum atomic E-state index is -0.258. The van der Waals surface area contributed by atoms with Gasteiger partial charge in [0.25, 0.3) is 0 Å². The van der Waals surface area contributed by atoms with Crippen LogP contribution in [0.1, 0.15) is 6.42 Å². The van der Waals surface area contributed by atoms with Crippen LogP contribution < -0.4 is 0 Å². The van der Waals surface area contributed by atoms with Gasteiger partial charge in [-0.15, -0.1) is 11.6 Å². The van der Waals surface area contributed by atoms with Crippen LogP contribution in [0.15, 0.2) is 0 Å². The first-order valence-electron chi connectivity index (χ1n) is 4.18. The van der Waals surface area contributed by atoms with Crippen molar-refractivity contribution < 1.29 is 9.13 Å². The number of nitrogens with zero attached hydrogens (tertiary/aromatic N) is 1. The van der Waals surface area contributed by atoms with Crippen molar-refractivity contribution in [3.8, 4) is 0 Å². The number of halogens is 2. The number of hydrogen-bond acceptors (Lipinski definition) is 2. The third-order valence-electron chi connectivity index (χ3n) is 1.62. The van der Waals surface area contributed by atoms with Gasteiger partial charge in [-0.05, 0) is 6.42 Å². The number of methoxy groups -OCH3 is 1. The van der Waals surface area contributed by atoms with Gasteiger partial charge >= 0.3 is 0 Å². The Morgan fingerprint density at radius 3 is 2.58 bits per heavy atom. The monoisotopic (exact) mass is 197 g/mol. The normalized spacial score (nSPS) is 11.0. The van der Waals surface area contributed by atoms with Crippen molar-refractivity contribution in [3.63, 3.8) is 0 Å². The second-order valence-corrected chi connectivity index (χ2v) is 2.94. The third kappa shape index (κ3) is 6.83. The molecule has 0 heterocycles. The van der Waals surface area contributed by atoms with Crippen LogP contribution in [0.25, 0.3) is 0 Å². The van der Waals surface area contributed by atoms with E-state index in [1.54, 1.807) is 7.11 Å². The molecule has 0 aromatic heterocycles. The van der Waals surface area contributed by atoms with Crippen molar-refractivity contribution in [2.45, 2.75) is 6.42 Å². The maximum absolute atomic E-state index is 11.8. The Morgan fingerprint density at radius 1 is 1.33 bits per heavy atom. The van der Waals surface area contributed by atoms with Gasteiger partial charge in [0, 0.05) is 32.6 Å². The standard InChI is InChI=1S/C8H17ClFNO/c1-12-8-7-11(6-3-9)5-2-4-10/h2-8H2,1H3. The molecule has 0 spiro atoms. The van der Waals surface area contributed by atoms with Gasteiger partial charge in [-0.2, -0.15) is 0 Å². The zero-order chi connectivity index (χ0) is 9.23. The molecule has 0 bridgehead atoms. The molecule has 0 aromatic rings. The molecule has 4 heteroatoms. The lowest BCUT2D eigenvalue weighted by atomic mass is 10.4. The van der Waals surface area contributed by atoms with Gasteiger partial charge in [0.15, 0.2) is 0 Å². The molecule has 0 atom stereocenters. The summed E-state index contributed by atoms with van der Waals surface area (Å²) in [5, 5.41) is 0. The Balaban J connectivity index is 3.40. The van der Waals surface area contributed by atoms with Crippen LogP contribution in [0, 0.1) is 0 Å². The Morgan fingerprint density at radius 2 is 2.08 bits per heavy atom. The van der Waals surface area contributed by atoms with Crippen LogP contribution in [0.2, 0.25) is 0 Å². The molecule has 0 saturated carbocycles. The van der Waals surface area contributed by atoms with E-state index in [1.165, 1.54) is 0 Å². The van der Waals surface area contributed by atoms with Gasteiger partial charge in [-0.3, -0.25) is 9.29 Å². The average molecular weight is 198 g/mol. The molecular weight excluding hydrogens is 181 g/mol. The smallest absolute Gasteiger partial charge is 0.0906 e. The summed E-state index contributed by atoms with van der Waals surface area (Å²) in [6, 6.07) is 0. The van der Waals surface area contributed by atoms with Crippen molar-refractivity contribution in [3.05, 3.63) is 0 Å². The largest absolute Gasteiger partial charge is 0.383 e. The van der Waals surface area contributed by atoms with Crippen LogP contribution in [0.3, 0.4) is 0 Å². The quantitative estimate of drug-likeness (QED) is 0.548. The maximum Gasteiger partial charge on any atom is 0.0906 e. The van der Waals surface area contributed by atoms with E-state index in [-0.39, 0.29) is 6.67 Å². The Bertz CT molecular complexity index is 87.1. The first-order valence-corrected chi connectivity index (χ1v) is 4.71. The summed E-state index contributed by atoms with van der Waals surface area (Å²) < 4.78 is 16.7. The average Bonchev–Trinajstić information content (AvgIpc) is 2.10. The Hall–Kier alpha value is 0.140. The predicted octanol–water partition coefficient (Wildman–Crippen LogP) is 1.53. The molecule has 0 amide bonds. The van der Waals surface area contributed by atoms with E-state index >= 15 is 0 Å². The molecule has 0 rings (SSSR count). The number of rotatable bonds is 8. The summed E-state index contributed by atoms with van der Waals surface area (Å²) >= 11 is 5.58. The van der Waals surface area contributed by atoms with Crippen molar-refractivity contribution in [2.24, 2.45) is 0 Å². The minimum Gasteiger partial charge on any atom is -0.383 e. The highest BCUT2D eigenvalue weighted by atomic mass is 35.5. The highest BCUT2D eigenvalue weighted by molar-refractivity contribution is 6.18. The van der Waals surface area contributed by atoms with Crippen molar-refractivity contribution in [2.75, 3.05) is 45.9 Å². The highest BCUT2D eigenvalue weighted by Gasteiger charge is 2.02. The van der Waals surface area contributed by atoms with Crippen molar-refractivity contribution in [1.82, 2.24) is 4.90 Å². The fourth-order valence-corrected chi connectivity index (χ4v) is 1.20. The molecule has 0 N–H and O–H groups in total. The molecule has 0 saturated heterocycles. The molecule has 74 valence electrons. The van der Waals surface area contributed by atoms with Crippen molar-refractivity contribution in [1.29, 1.82) is 0 Å². The zero-order valence-corrected chi connectivity index (χ0v) is 8.32. The maximum atomic E-state index is 11.8. The number of alkyl halides is 2. The SMILES string of the molecule is COCCN(CCCl)CCCF. The summed E-state index contributed by atoms with van der Waals surface area (Å²) in [5.41, 5.74) is 0. The lowest BCUT2D eigenvalue weighted by Crippen LogP contribution is -2.30. The van der Waals surface area contributed by atoms with E-state index < -0.39 is 0 Å². The topological polar surface area (TPSA) is 12.5 Å². The van der Waals surface area contributed by atoms with Crippen LogP contribution in [-0.2, 0) is 4.74 Å². The van der Waals surface area contributed by atoms with Gasteiger partial charge in [0.05, 0.1) is 13.3 Å². The zero-order valence-electron chi connectivity index (χ0n) is 7.56. The van der Waals surface area contributed by atoms with Crippen molar-refractivity contribution >= 4 is 11.6 Å². The summed E-state index contributed by atoms with van der Waals surface area (Å²) in [5.74, 6) is 0.593. The van der Waals surface area contributed by atoms with Gasteiger partial charge < -0.3 is 4.74 Å². The molecule has 0 unspecified atom stereocenters. The molecule has 0 aromatic carbocycles. The number of hydrogen-bond donors (Lipinski definition) is 0. The van der Waals surface area contributed by atoms with Crippen LogP contribution in [0.5, 0.6) is 0 Å². The highest BCUT2D eigenvalue weighted by Crippen LogP contribution is 1.93. The fourth-order valence-electron chi connectivity index (χ4n) is 0.959. The summed E-state index contributed by atoms with van der Waals surface area (Å²) in [6.07, 6.45) is 0.584. The van der Waals surface area contributed by atoms with Gasteiger partial charge in [0.2, 0.25) is 0 Å². The van der Waals surface area contributed by atoms with Crippen LogP contribution in [-0.4, -0.2) is 50.8 Å². The van der Waals surface area contributed by atoms with Gasteiger partial charge in [0.1, 0.15) is 0 Å². The van der Waals surface area contributed by atoms with E-state index in [4.69, 9.17) is 16.3 Å².